The lowest BCUT2D eigenvalue weighted by Gasteiger charge is -2.17. The van der Waals surface area contributed by atoms with Gasteiger partial charge in [-0.2, -0.15) is 4.31 Å². The van der Waals surface area contributed by atoms with Crippen molar-refractivity contribution >= 4 is 32.8 Å². The van der Waals surface area contributed by atoms with Crippen LogP contribution in [-0.4, -0.2) is 59.3 Å². The van der Waals surface area contributed by atoms with Crippen molar-refractivity contribution in [1.82, 2.24) is 14.5 Å². The summed E-state index contributed by atoms with van der Waals surface area (Å²) in [4.78, 5) is 44.6. The quantitative estimate of drug-likeness (QED) is 0.202. The predicted molar refractivity (Wildman–Crippen MR) is 89.7 cm³/mol. The molecule has 15 nitrogen and oxygen atoms in total. The lowest BCUT2D eigenvalue weighted by Crippen LogP contribution is -2.44. The number of aromatic nitrogens is 4. The number of fused-ring (bicyclic) bond motifs is 1. The number of H-pyrrole nitrogens is 1. The van der Waals surface area contributed by atoms with E-state index in [0.29, 0.717) is 0 Å². The Morgan fingerprint density at radius 3 is 2.72 bits per heavy atom. The fourth-order valence-corrected chi connectivity index (χ4v) is 4.45. The lowest BCUT2D eigenvalue weighted by molar-refractivity contribution is -0.744. The van der Waals surface area contributed by atoms with Crippen LogP contribution in [-0.2, 0) is 29.7 Å². The topological polar surface area (TPSA) is 223 Å². The Bertz CT molecular complexity index is 1080. The van der Waals surface area contributed by atoms with Gasteiger partial charge in [-0.3, -0.25) is 18.9 Å². The molecule has 3 rings (SSSR count). The van der Waals surface area contributed by atoms with E-state index in [4.69, 9.17) is 20.3 Å². The first-order valence-electron chi connectivity index (χ1n) is 7.77. The van der Waals surface area contributed by atoms with E-state index >= 15 is 0 Å². The Balaban J connectivity index is 1.84. The Morgan fingerprint density at radius 2 is 2.10 bits per heavy atom. The highest BCUT2D eigenvalue weighted by atomic mass is 31.3. The van der Waals surface area contributed by atoms with Crippen LogP contribution in [0.2, 0.25) is 0 Å². The molecule has 0 amide bonds. The third-order valence-corrected chi connectivity index (χ3v) is 6.12. The average Bonchev–Trinajstić information content (AvgIpc) is 3.01. The molecule has 3 heterocycles. The molecule has 2 aromatic heterocycles. The van der Waals surface area contributed by atoms with Gasteiger partial charge in [0.15, 0.2) is 12.5 Å². The summed E-state index contributed by atoms with van der Waals surface area (Å²) < 4.78 is 52.5. The van der Waals surface area contributed by atoms with E-state index in [1.165, 1.54) is 17.9 Å². The lowest BCUT2D eigenvalue weighted by atomic mass is 10.1. The monoisotopic (exact) mass is 460 g/mol. The third-order valence-electron chi connectivity index (χ3n) is 3.97. The summed E-state index contributed by atoms with van der Waals surface area (Å²) in [5.41, 5.74) is 4.90. The number of nitrogens with one attached hydrogen (secondary N) is 1. The number of aliphatic hydroxyl groups is 1. The number of anilines is 1. The summed E-state index contributed by atoms with van der Waals surface area (Å²) in [5, 5.41) is 10.0. The second kappa shape index (κ2) is 7.50. The standard InChI is InChI=1S/C11H16FN5O10P2/c1-16-3-17(8-6(16)9(19)15-11(13)14-8)10-5(12)7(18)4(26-10)2-25-29(23,24)27-28(20,21)22/h3-5,7,10,18H,2H2,1H3,(H5-,13,14,15,19,20,21,22,23,24)/p+1/t4-,5?,7?,10-/m1/s1. The van der Waals surface area contributed by atoms with Crippen LogP contribution in [0.3, 0.4) is 0 Å². The summed E-state index contributed by atoms with van der Waals surface area (Å²) in [6, 6.07) is 0. The highest BCUT2D eigenvalue weighted by molar-refractivity contribution is 7.60. The summed E-state index contributed by atoms with van der Waals surface area (Å²) in [7, 11) is -9.08. The molecule has 1 aliphatic heterocycles. The van der Waals surface area contributed by atoms with E-state index in [2.05, 4.69) is 18.8 Å². The van der Waals surface area contributed by atoms with Gasteiger partial charge in [-0.05, 0) is 0 Å². The van der Waals surface area contributed by atoms with Crippen molar-refractivity contribution in [3.8, 4) is 0 Å². The van der Waals surface area contributed by atoms with E-state index in [9.17, 15) is 28.3 Å². The van der Waals surface area contributed by atoms with Crippen LogP contribution in [0.4, 0.5) is 10.3 Å². The zero-order valence-corrected chi connectivity index (χ0v) is 16.3. The van der Waals surface area contributed by atoms with Crippen molar-refractivity contribution in [1.29, 1.82) is 0 Å². The van der Waals surface area contributed by atoms with Gasteiger partial charge in [-0.1, -0.05) is 4.98 Å². The van der Waals surface area contributed by atoms with E-state index in [1.807, 2.05) is 0 Å². The minimum atomic E-state index is -5.35. The molecule has 18 heteroatoms. The number of hydrogen-bond donors (Lipinski definition) is 6. The van der Waals surface area contributed by atoms with Crippen molar-refractivity contribution < 1.29 is 51.4 Å². The number of aliphatic hydroxyl groups excluding tert-OH is 1. The Hall–Kier alpha value is -1.74. The number of nitrogens with two attached hydrogens (primary N) is 1. The van der Waals surface area contributed by atoms with Gasteiger partial charge in [0, 0.05) is 0 Å². The molecule has 2 aromatic rings. The molecule has 0 radical (unpaired) electrons. The van der Waals surface area contributed by atoms with E-state index in [1.54, 1.807) is 0 Å². The van der Waals surface area contributed by atoms with Crippen molar-refractivity contribution in [3.05, 3.63) is 16.7 Å². The molecule has 0 spiro atoms. The molecule has 5 atom stereocenters. The van der Waals surface area contributed by atoms with Crippen molar-refractivity contribution in [2.24, 2.45) is 7.05 Å². The number of aryl methyl sites for hydroxylation is 1. The molecular weight excluding hydrogens is 443 g/mol. The van der Waals surface area contributed by atoms with Crippen LogP contribution in [0.5, 0.6) is 0 Å². The minimum Gasteiger partial charge on any atom is -0.387 e. The maximum absolute atomic E-state index is 14.7. The summed E-state index contributed by atoms with van der Waals surface area (Å²) in [5.74, 6) is -0.243. The van der Waals surface area contributed by atoms with Gasteiger partial charge in [0.25, 0.3) is 11.5 Å². The number of nitrogens with zero attached hydrogens (tertiary/aromatic N) is 3. The first-order valence-corrected chi connectivity index (χ1v) is 10.8. The number of imidazole rings is 1. The van der Waals surface area contributed by atoms with Gasteiger partial charge >= 0.3 is 21.3 Å². The fourth-order valence-electron chi connectivity index (χ4n) is 2.85. The van der Waals surface area contributed by atoms with Gasteiger partial charge in [0.1, 0.15) is 12.2 Å². The Kier molecular flexibility index (Phi) is 5.68. The molecule has 29 heavy (non-hydrogen) atoms. The Morgan fingerprint density at radius 1 is 1.45 bits per heavy atom. The highest BCUT2D eigenvalue weighted by Gasteiger charge is 2.49. The molecule has 7 N–H and O–H groups in total. The number of phosphoric acid groups is 2. The molecule has 0 bridgehead atoms. The van der Waals surface area contributed by atoms with Crippen molar-refractivity contribution in [2.45, 2.75) is 24.6 Å². The number of nitrogen functional groups attached to an aromatic ring is 1. The zero-order chi connectivity index (χ0) is 21.7. The number of rotatable bonds is 6. The summed E-state index contributed by atoms with van der Waals surface area (Å²) in [6.45, 7) is -0.937. The number of hydrogen-bond acceptors (Lipinski definition) is 9. The molecule has 162 valence electrons. The van der Waals surface area contributed by atoms with Crippen molar-refractivity contribution in [3.63, 3.8) is 0 Å². The van der Waals surface area contributed by atoms with Crippen LogP contribution < -0.4 is 15.9 Å². The van der Waals surface area contributed by atoms with Gasteiger partial charge in [0.05, 0.1) is 13.7 Å². The minimum absolute atomic E-state index is 0.0408. The molecule has 0 saturated carbocycles. The molecule has 1 aliphatic rings. The molecule has 3 unspecified atom stereocenters. The maximum Gasteiger partial charge on any atom is 0.481 e. The van der Waals surface area contributed by atoms with Crippen LogP contribution in [0.1, 0.15) is 6.23 Å². The van der Waals surface area contributed by atoms with Gasteiger partial charge < -0.3 is 30.3 Å². The number of phosphoric ester groups is 1. The van der Waals surface area contributed by atoms with Gasteiger partial charge in [-0.25, -0.2) is 18.1 Å². The largest absolute Gasteiger partial charge is 0.481 e. The third kappa shape index (κ3) is 4.55. The van der Waals surface area contributed by atoms with Crippen LogP contribution in [0.15, 0.2) is 11.1 Å². The summed E-state index contributed by atoms with van der Waals surface area (Å²) >= 11 is 0. The highest BCUT2D eigenvalue weighted by Crippen LogP contribution is 2.57. The Labute approximate surface area is 160 Å². The summed E-state index contributed by atoms with van der Waals surface area (Å²) in [6.07, 6.45) is -5.69. The smallest absolute Gasteiger partial charge is 0.387 e. The van der Waals surface area contributed by atoms with E-state index in [-0.39, 0.29) is 17.1 Å². The van der Waals surface area contributed by atoms with E-state index < -0.39 is 52.4 Å². The first-order chi connectivity index (χ1) is 13.3. The second-order valence-corrected chi connectivity index (χ2v) is 8.92. The van der Waals surface area contributed by atoms with E-state index in [0.717, 1.165) is 4.57 Å². The van der Waals surface area contributed by atoms with Gasteiger partial charge in [0.2, 0.25) is 11.7 Å². The number of aromatic amines is 1. The molecule has 0 aliphatic carbocycles. The zero-order valence-electron chi connectivity index (χ0n) is 14.5. The maximum atomic E-state index is 14.7. The SMILES string of the molecule is Cn1c[n+]([C@@H]2O[C@H](COP(=O)(O)OP(=O)(O)O)C(O)C2F)c2nc(N)[nH]c(=O)c21. The van der Waals surface area contributed by atoms with Crippen LogP contribution >= 0.6 is 15.6 Å². The second-order valence-electron chi connectivity index (χ2n) is 6.09. The van der Waals surface area contributed by atoms with Crippen LogP contribution in [0, 0.1) is 0 Å². The molecule has 1 saturated heterocycles. The predicted octanol–water partition coefficient (Wildman–Crippen LogP) is -2.05. The number of halogens is 1. The normalized spacial score (nSPS) is 27.4. The fraction of sp³-hybridized carbons (Fsp3) is 0.545. The average molecular weight is 460 g/mol. The molecular formula is C11H17FN5O10P2+. The molecule has 0 aromatic carbocycles. The van der Waals surface area contributed by atoms with Crippen molar-refractivity contribution in [2.75, 3.05) is 12.3 Å². The first kappa shape index (κ1) is 22.0. The van der Waals surface area contributed by atoms with Crippen LogP contribution in [0.25, 0.3) is 11.2 Å². The number of ether oxygens (including phenoxy) is 1. The number of alkyl halides is 1. The molecule has 1 fully saturated rings. The van der Waals surface area contributed by atoms with Gasteiger partial charge in [-0.15, -0.1) is 0 Å².